The summed E-state index contributed by atoms with van der Waals surface area (Å²) in [5, 5.41) is 10.8. The minimum atomic E-state index is 0.589. The standard InChI is InChI=1S/C9H13N3/c1-2-6-4-9-7(5-10-12-9)8(3-1)11-6/h5-6,8,11H,1-4H2,(H,10,12). The van der Waals surface area contributed by atoms with E-state index in [4.69, 9.17) is 0 Å². The molecule has 0 spiro atoms. The van der Waals surface area contributed by atoms with E-state index in [1.807, 2.05) is 6.20 Å². The molecule has 1 fully saturated rings. The lowest BCUT2D eigenvalue weighted by molar-refractivity contribution is 0.301. The van der Waals surface area contributed by atoms with E-state index in [0.29, 0.717) is 12.1 Å². The normalized spacial score (nSPS) is 33.0. The maximum atomic E-state index is 4.10. The molecule has 3 heterocycles. The Hall–Kier alpha value is -0.830. The van der Waals surface area contributed by atoms with Crippen LogP contribution in [0.15, 0.2) is 6.20 Å². The van der Waals surface area contributed by atoms with Crippen LogP contribution in [-0.2, 0) is 6.42 Å². The van der Waals surface area contributed by atoms with Crippen molar-refractivity contribution >= 4 is 0 Å². The van der Waals surface area contributed by atoms with Crippen molar-refractivity contribution < 1.29 is 0 Å². The Bertz CT molecular complexity index is 292. The third kappa shape index (κ3) is 0.829. The lowest BCUT2D eigenvalue weighted by atomic mass is 9.86. The van der Waals surface area contributed by atoms with Gasteiger partial charge >= 0.3 is 0 Å². The monoisotopic (exact) mass is 163 g/mol. The molecule has 2 unspecified atom stereocenters. The van der Waals surface area contributed by atoms with Gasteiger partial charge in [0.2, 0.25) is 0 Å². The molecular weight excluding hydrogens is 150 g/mol. The second-order valence-corrected chi connectivity index (χ2v) is 3.86. The van der Waals surface area contributed by atoms with E-state index in [2.05, 4.69) is 15.5 Å². The fraction of sp³-hybridized carbons (Fsp3) is 0.667. The number of hydrogen-bond acceptors (Lipinski definition) is 2. The highest BCUT2D eigenvalue weighted by Crippen LogP contribution is 2.32. The van der Waals surface area contributed by atoms with E-state index in [0.717, 1.165) is 6.42 Å². The molecule has 2 atom stereocenters. The minimum absolute atomic E-state index is 0.589. The van der Waals surface area contributed by atoms with Crippen LogP contribution in [0.4, 0.5) is 0 Å². The van der Waals surface area contributed by atoms with Gasteiger partial charge in [0.05, 0.1) is 6.20 Å². The van der Waals surface area contributed by atoms with Crippen molar-refractivity contribution in [2.45, 2.75) is 37.8 Å². The number of aromatic amines is 1. The van der Waals surface area contributed by atoms with E-state index < -0.39 is 0 Å². The van der Waals surface area contributed by atoms with Gasteiger partial charge in [-0.1, -0.05) is 0 Å². The minimum Gasteiger partial charge on any atom is -0.307 e. The molecule has 1 saturated heterocycles. The van der Waals surface area contributed by atoms with Crippen LogP contribution < -0.4 is 5.32 Å². The van der Waals surface area contributed by atoms with Gasteiger partial charge in [0.1, 0.15) is 0 Å². The van der Waals surface area contributed by atoms with E-state index in [1.54, 1.807) is 0 Å². The van der Waals surface area contributed by atoms with Crippen molar-refractivity contribution in [3.05, 3.63) is 17.5 Å². The Labute approximate surface area is 71.6 Å². The second-order valence-electron chi connectivity index (χ2n) is 3.86. The van der Waals surface area contributed by atoms with Crippen LogP contribution in [0.3, 0.4) is 0 Å². The summed E-state index contributed by atoms with van der Waals surface area (Å²) in [6, 6.07) is 1.29. The molecule has 64 valence electrons. The fourth-order valence-electron chi connectivity index (χ4n) is 2.46. The third-order valence-electron chi connectivity index (χ3n) is 3.06. The largest absolute Gasteiger partial charge is 0.307 e. The van der Waals surface area contributed by atoms with E-state index in [9.17, 15) is 0 Å². The highest BCUT2D eigenvalue weighted by Gasteiger charge is 2.30. The Morgan fingerprint density at radius 1 is 1.42 bits per heavy atom. The summed E-state index contributed by atoms with van der Waals surface area (Å²) in [7, 11) is 0. The lowest BCUT2D eigenvalue weighted by Gasteiger charge is -2.35. The summed E-state index contributed by atoms with van der Waals surface area (Å²) in [5.74, 6) is 0. The van der Waals surface area contributed by atoms with E-state index >= 15 is 0 Å². The van der Waals surface area contributed by atoms with Gasteiger partial charge in [-0.25, -0.2) is 0 Å². The predicted octanol–water partition coefficient (Wildman–Crippen LogP) is 1.15. The maximum Gasteiger partial charge on any atom is 0.0538 e. The maximum absolute atomic E-state index is 4.10. The Morgan fingerprint density at radius 3 is 3.42 bits per heavy atom. The number of nitrogens with zero attached hydrogens (tertiary/aromatic N) is 1. The number of nitrogens with one attached hydrogen (secondary N) is 2. The first kappa shape index (κ1) is 6.66. The van der Waals surface area contributed by atoms with Crippen LogP contribution in [0.1, 0.15) is 36.6 Å². The third-order valence-corrected chi connectivity index (χ3v) is 3.06. The topological polar surface area (TPSA) is 40.7 Å². The van der Waals surface area contributed by atoms with Crippen LogP contribution in [0.25, 0.3) is 0 Å². The Balaban J connectivity index is 2.04. The molecule has 2 aliphatic rings. The number of aromatic nitrogens is 2. The summed E-state index contributed by atoms with van der Waals surface area (Å²) in [5.41, 5.74) is 2.77. The van der Waals surface area contributed by atoms with Gasteiger partial charge in [-0.2, -0.15) is 5.10 Å². The van der Waals surface area contributed by atoms with Gasteiger partial charge in [0, 0.05) is 29.8 Å². The van der Waals surface area contributed by atoms with Crippen molar-refractivity contribution in [3.63, 3.8) is 0 Å². The summed E-state index contributed by atoms with van der Waals surface area (Å²) < 4.78 is 0. The quantitative estimate of drug-likeness (QED) is 0.602. The molecule has 0 aromatic carbocycles. The molecule has 0 radical (unpaired) electrons. The summed E-state index contributed by atoms with van der Waals surface area (Å²) in [6.45, 7) is 0. The summed E-state index contributed by atoms with van der Waals surface area (Å²) in [6.07, 6.45) is 7.10. The number of H-pyrrole nitrogens is 1. The Kier molecular flexibility index (Phi) is 1.29. The first-order chi connectivity index (χ1) is 5.93. The van der Waals surface area contributed by atoms with Crippen molar-refractivity contribution in [2.75, 3.05) is 0 Å². The molecule has 1 aromatic heterocycles. The van der Waals surface area contributed by atoms with Crippen LogP contribution in [-0.4, -0.2) is 16.2 Å². The number of piperidine rings is 1. The second kappa shape index (κ2) is 2.33. The molecule has 2 bridgehead atoms. The SMILES string of the molecule is c1n[nH]c2c1C1CCCC(C2)N1. The van der Waals surface area contributed by atoms with Crippen molar-refractivity contribution in [1.82, 2.24) is 15.5 Å². The van der Waals surface area contributed by atoms with Crippen LogP contribution in [0.5, 0.6) is 0 Å². The highest BCUT2D eigenvalue weighted by atomic mass is 15.1. The van der Waals surface area contributed by atoms with Gasteiger partial charge in [-0.05, 0) is 19.3 Å². The number of fused-ring (bicyclic) bond motifs is 4. The van der Waals surface area contributed by atoms with Gasteiger partial charge in [0.25, 0.3) is 0 Å². The smallest absolute Gasteiger partial charge is 0.0538 e. The summed E-state index contributed by atoms with van der Waals surface area (Å²) >= 11 is 0. The molecule has 0 amide bonds. The van der Waals surface area contributed by atoms with E-state index in [-0.39, 0.29) is 0 Å². The molecule has 0 saturated carbocycles. The zero-order valence-electron chi connectivity index (χ0n) is 7.01. The van der Waals surface area contributed by atoms with Crippen LogP contribution in [0, 0.1) is 0 Å². The van der Waals surface area contributed by atoms with Gasteiger partial charge < -0.3 is 5.32 Å². The number of rotatable bonds is 0. The average molecular weight is 163 g/mol. The van der Waals surface area contributed by atoms with Gasteiger partial charge in [-0.3, -0.25) is 5.10 Å². The van der Waals surface area contributed by atoms with Crippen LogP contribution >= 0.6 is 0 Å². The van der Waals surface area contributed by atoms with Crippen molar-refractivity contribution in [3.8, 4) is 0 Å². The average Bonchev–Trinajstić information content (AvgIpc) is 2.53. The van der Waals surface area contributed by atoms with Crippen molar-refractivity contribution in [1.29, 1.82) is 0 Å². The Morgan fingerprint density at radius 2 is 2.42 bits per heavy atom. The molecule has 3 rings (SSSR count). The number of hydrogen-bond donors (Lipinski definition) is 2. The highest BCUT2D eigenvalue weighted by molar-refractivity contribution is 5.25. The first-order valence-electron chi connectivity index (χ1n) is 4.71. The van der Waals surface area contributed by atoms with Gasteiger partial charge in [0.15, 0.2) is 0 Å². The fourth-order valence-corrected chi connectivity index (χ4v) is 2.46. The zero-order chi connectivity index (χ0) is 7.97. The first-order valence-corrected chi connectivity index (χ1v) is 4.71. The molecule has 1 aromatic rings. The molecule has 3 nitrogen and oxygen atoms in total. The lowest BCUT2D eigenvalue weighted by Crippen LogP contribution is -2.42. The van der Waals surface area contributed by atoms with E-state index in [1.165, 1.54) is 30.5 Å². The molecule has 12 heavy (non-hydrogen) atoms. The molecular formula is C9H13N3. The molecule has 2 aliphatic heterocycles. The predicted molar refractivity (Wildman–Crippen MR) is 45.8 cm³/mol. The van der Waals surface area contributed by atoms with Crippen LogP contribution in [0.2, 0.25) is 0 Å². The molecule has 3 heteroatoms. The zero-order valence-corrected chi connectivity index (χ0v) is 7.01. The summed E-state index contributed by atoms with van der Waals surface area (Å²) in [4.78, 5) is 0. The van der Waals surface area contributed by atoms with Gasteiger partial charge in [-0.15, -0.1) is 0 Å². The molecule has 0 aliphatic carbocycles. The van der Waals surface area contributed by atoms with Crippen molar-refractivity contribution in [2.24, 2.45) is 0 Å². The molecule has 2 N–H and O–H groups in total.